The summed E-state index contributed by atoms with van der Waals surface area (Å²) < 4.78 is 11.2. The van der Waals surface area contributed by atoms with Crippen molar-refractivity contribution in [3.63, 3.8) is 0 Å². The van der Waals surface area contributed by atoms with Crippen LogP contribution in [0.1, 0.15) is 6.42 Å². The maximum atomic E-state index is 11.2. The van der Waals surface area contributed by atoms with Crippen LogP contribution in [0, 0.1) is 0 Å². The maximum Gasteiger partial charge on any atom is 0.0819 e. The van der Waals surface area contributed by atoms with Crippen molar-refractivity contribution < 1.29 is 4.57 Å². The lowest BCUT2D eigenvalue weighted by atomic mass is 10.5. The first-order chi connectivity index (χ1) is 4.42. The van der Waals surface area contributed by atoms with Gasteiger partial charge in [-0.05, 0) is 40.4 Å². The van der Waals surface area contributed by atoms with Crippen LogP contribution < -0.4 is 0 Å². The van der Waals surface area contributed by atoms with E-state index in [4.69, 9.17) is 0 Å². The second-order valence-electron chi connectivity index (χ2n) is 3.45. The van der Waals surface area contributed by atoms with Crippen LogP contribution in [-0.4, -0.2) is 45.0 Å². The van der Waals surface area contributed by atoms with Crippen molar-refractivity contribution in [3.05, 3.63) is 0 Å². The predicted octanol–water partition coefficient (Wildman–Crippen LogP) is 1.56. The molecule has 0 heterocycles. The van der Waals surface area contributed by atoms with Gasteiger partial charge in [0.05, 0.1) is 7.14 Å². The summed E-state index contributed by atoms with van der Waals surface area (Å²) in [6, 6.07) is 0. The zero-order chi connectivity index (χ0) is 8.20. The van der Waals surface area contributed by atoms with Gasteiger partial charge < -0.3 is 9.46 Å². The molecule has 0 aromatic carbocycles. The molecule has 0 aliphatic carbocycles. The topological polar surface area (TPSA) is 20.3 Å². The molecule has 0 rings (SSSR count). The monoisotopic (exact) mass is 163 g/mol. The van der Waals surface area contributed by atoms with Crippen molar-refractivity contribution in [2.75, 3.05) is 40.1 Å². The molecule has 0 bridgehead atoms. The van der Waals surface area contributed by atoms with Crippen molar-refractivity contribution >= 4 is 7.14 Å². The van der Waals surface area contributed by atoms with Gasteiger partial charge in [-0.2, -0.15) is 0 Å². The fourth-order valence-corrected chi connectivity index (χ4v) is 1.67. The van der Waals surface area contributed by atoms with E-state index in [1.807, 2.05) is 27.4 Å². The molecule has 10 heavy (non-hydrogen) atoms. The normalized spacial score (nSPS) is 12.5. The maximum absolute atomic E-state index is 11.2. The average molecular weight is 163 g/mol. The molecule has 0 aromatic rings. The Morgan fingerprint density at radius 3 is 2.10 bits per heavy atom. The lowest BCUT2D eigenvalue weighted by Crippen LogP contribution is -2.13. The van der Waals surface area contributed by atoms with E-state index >= 15 is 0 Å². The number of rotatable bonds is 4. The van der Waals surface area contributed by atoms with Gasteiger partial charge in [-0.3, -0.25) is 0 Å². The molecule has 0 spiro atoms. The second-order valence-corrected chi connectivity index (χ2v) is 7.05. The third kappa shape index (κ3) is 8.19. The van der Waals surface area contributed by atoms with Crippen LogP contribution in [-0.2, 0) is 4.57 Å². The first-order valence-corrected chi connectivity index (χ1v) is 6.39. The first kappa shape index (κ1) is 10.2. The van der Waals surface area contributed by atoms with Gasteiger partial charge >= 0.3 is 0 Å². The van der Waals surface area contributed by atoms with Gasteiger partial charge in [0.15, 0.2) is 0 Å². The van der Waals surface area contributed by atoms with Crippen molar-refractivity contribution in [1.82, 2.24) is 4.90 Å². The Bertz CT molecular complexity index is 128. The summed E-state index contributed by atoms with van der Waals surface area (Å²) in [4.78, 5) is 2.12. The van der Waals surface area contributed by atoms with Crippen LogP contribution >= 0.6 is 7.14 Å². The molecule has 0 fully saturated rings. The van der Waals surface area contributed by atoms with Crippen molar-refractivity contribution in [1.29, 1.82) is 0 Å². The molecule has 3 heteroatoms. The highest BCUT2D eigenvalue weighted by atomic mass is 31.2. The Hall–Kier alpha value is 0.190. The van der Waals surface area contributed by atoms with E-state index in [9.17, 15) is 4.57 Å². The minimum atomic E-state index is -1.75. The molecule has 0 aromatic heterocycles. The van der Waals surface area contributed by atoms with Gasteiger partial charge in [-0.15, -0.1) is 0 Å². The van der Waals surface area contributed by atoms with Crippen LogP contribution in [0.15, 0.2) is 0 Å². The molecule has 0 saturated carbocycles. The Morgan fingerprint density at radius 1 is 1.30 bits per heavy atom. The summed E-state index contributed by atoms with van der Waals surface area (Å²) in [5.41, 5.74) is 0. The molecule has 0 radical (unpaired) electrons. The zero-order valence-corrected chi connectivity index (χ0v) is 8.32. The third-order valence-corrected chi connectivity index (χ3v) is 2.70. The molecule has 0 aliphatic heterocycles. The summed E-state index contributed by atoms with van der Waals surface area (Å²) in [5, 5.41) is 0. The van der Waals surface area contributed by atoms with E-state index < -0.39 is 7.14 Å². The van der Waals surface area contributed by atoms with Gasteiger partial charge in [0.2, 0.25) is 0 Å². The minimum Gasteiger partial charge on any atom is -0.324 e. The molecular formula is C7H18NOP. The van der Waals surface area contributed by atoms with Crippen molar-refractivity contribution in [3.8, 4) is 0 Å². The Balaban J connectivity index is 3.30. The highest BCUT2D eigenvalue weighted by Crippen LogP contribution is 2.36. The number of nitrogens with zero attached hydrogens (tertiary/aromatic N) is 1. The first-order valence-electron chi connectivity index (χ1n) is 3.60. The van der Waals surface area contributed by atoms with E-state index in [1.54, 1.807) is 0 Å². The standard InChI is InChI=1S/C7H18NOP/c1-8(2)6-5-7-10(3,4)9/h5-7H2,1-4H3. The summed E-state index contributed by atoms with van der Waals surface area (Å²) in [6.07, 6.45) is 1.93. The smallest absolute Gasteiger partial charge is 0.0819 e. The summed E-state index contributed by atoms with van der Waals surface area (Å²) >= 11 is 0. The molecule has 2 nitrogen and oxygen atoms in total. The SMILES string of the molecule is CN(C)CCCP(C)(C)=O. The van der Waals surface area contributed by atoms with E-state index in [2.05, 4.69) is 4.90 Å². The molecule has 0 saturated heterocycles. The third-order valence-electron chi connectivity index (χ3n) is 1.30. The van der Waals surface area contributed by atoms with E-state index in [0.717, 1.165) is 19.1 Å². The largest absolute Gasteiger partial charge is 0.324 e. The minimum absolute atomic E-state index is 0.880. The lowest BCUT2D eigenvalue weighted by molar-refractivity contribution is 0.408. The number of hydrogen-bond donors (Lipinski definition) is 0. The summed E-state index contributed by atoms with van der Waals surface area (Å²) in [5.74, 6) is 0. The molecule has 0 atom stereocenters. The summed E-state index contributed by atoms with van der Waals surface area (Å²) in [7, 11) is 2.33. The molecule has 0 aliphatic rings. The average Bonchev–Trinajstić information content (AvgIpc) is 1.59. The molecule has 62 valence electrons. The van der Waals surface area contributed by atoms with Gasteiger partial charge in [-0.1, -0.05) is 0 Å². The van der Waals surface area contributed by atoms with Gasteiger partial charge in [0, 0.05) is 6.16 Å². The molecule has 0 amide bonds. The second kappa shape index (κ2) is 4.15. The number of hydrogen-bond acceptors (Lipinski definition) is 2. The highest BCUT2D eigenvalue weighted by Gasteiger charge is 2.05. The Kier molecular flexibility index (Phi) is 4.23. The molecule has 0 N–H and O–H groups in total. The molecule has 0 unspecified atom stereocenters. The zero-order valence-electron chi connectivity index (χ0n) is 7.42. The fourth-order valence-electron chi connectivity index (χ4n) is 0.768. The van der Waals surface area contributed by atoms with Crippen LogP contribution in [0.25, 0.3) is 0 Å². The van der Waals surface area contributed by atoms with Gasteiger partial charge in [-0.25, -0.2) is 0 Å². The Labute approximate surface area is 64.0 Å². The lowest BCUT2D eigenvalue weighted by Gasteiger charge is -2.10. The fraction of sp³-hybridized carbons (Fsp3) is 1.00. The highest BCUT2D eigenvalue weighted by molar-refractivity contribution is 7.62. The quantitative estimate of drug-likeness (QED) is 0.586. The summed E-state index contributed by atoms with van der Waals surface area (Å²) in [6.45, 7) is 4.75. The predicted molar refractivity (Wildman–Crippen MR) is 47.5 cm³/mol. The van der Waals surface area contributed by atoms with Gasteiger partial charge in [0.1, 0.15) is 0 Å². The van der Waals surface area contributed by atoms with Crippen LogP contribution in [0.3, 0.4) is 0 Å². The van der Waals surface area contributed by atoms with Crippen LogP contribution in [0.4, 0.5) is 0 Å². The van der Waals surface area contributed by atoms with E-state index in [0.29, 0.717) is 0 Å². The van der Waals surface area contributed by atoms with Gasteiger partial charge in [0.25, 0.3) is 0 Å². The van der Waals surface area contributed by atoms with Crippen molar-refractivity contribution in [2.24, 2.45) is 0 Å². The van der Waals surface area contributed by atoms with Crippen LogP contribution in [0.5, 0.6) is 0 Å². The Morgan fingerprint density at radius 2 is 1.80 bits per heavy atom. The van der Waals surface area contributed by atoms with Crippen molar-refractivity contribution in [2.45, 2.75) is 6.42 Å². The van der Waals surface area contributed by atoms with Crippen LogP contribution in [0.2, 0.25) is 0 Å². The molecular weight excluding hydrogens is 145 g/mol. The van der Waals surface area contributed by atoms with E-state index in [1.165, 1.54) is 0 Å². The van der Waals surface area contributed by atoms with E-state index in [-0.39, 0.29) is 0 Å².